The van der Waals surface area contributed by atoms with Crippen molar-refractivity contribution in [2.45, 2.75) is 25.3 Å². The lowest BCUT2D eigenvalue weighted by atomic mass is 10.0. The van der Waals surface area contributed by atoms with Crippen molar-refractivity contribution in [1.82, 2.24) is 9.88 Å². The highest BCUT2D eigenvalue weighted by molar-refractivity contribution is 7.09. The van der Waals surface area contributed by atoms with Crippen LogP contribution in [0.15, 0.2) is 35.8 Å². The summed E-state index contributed by atoms with van der Waals surface area (Å²) < 4.78 is 5.66. The monoisotopic (exact) mass is 343 g/mol. The van der Waals surface area contributed by atoms with E-state index >= 15 is 0 Å². The minimum absolute atomic E-state index is 0.147. The van der Waals surface area contributed by atoms with Crippen LogP contribution in [-0.2, 0) is 4.79 Å². The maximum Gasteiger partial charge on any atom is 0.241 e. The molecule has 1 fully saturated rings. The van der Waals surface area contributed by atoms with Crippen molar-refractivity contribution in [2.75, 3.05) is 31.1 Å². The van der Waals surface area contributed by atoms with Gasteiger partial charge in [0.05, 0.1) is 24.8 Å². The van der Waals surface area contributed by atoms with Gasteiger partial charge in [-0.3, -0.25) is 9.69 Å². The Morgan fingerprint density at radius 1 is 1.29 bits per heavy atom. The van der Waals surface area contributed by atoms with Gasteiger partial charge in [-0.15, -0.1) is 11.3 Å². The number of carbonyl (C=O) groups excluding carboxylic acids is 1. The molecule has 0 bridgehead atoms. The highest BCUT2D eigenvalue weighted by Gasteiger charge is 2.30. The molecule has 5 nitrogen and oxygen atoms in total. The number of piperidine rings is 1. The maximum absolute atomic E-state index is 13.0. The normalized spacial score (nSPS) is 21.2. The largest absolute Gasteiger partial charge is 0.490 e. The molecule has 0 aliphatic carbocycles. The fraction of sp³-hybridized carbons (Fsp3) is 0.444. The third-order valence-electron chi connectivity index (χ3n) is 4.72. The molecule has 24 heavy (non-hydrogen) atoms. The van der Waals surface area contributed by atoms with E-state index in [1.54, 1.807) is 11.3 Å². The summed E-state index contributed by atoms with van der Waals surface area (Å²) in [6.45, 7) is 2.57. The van der Waals surface area contributed by atoms with Crippen molar-refractivity contribution in [3.63, 3.8) is 0 Å². The molecule has 3 heterocycles. The van der Waals surface area contributed by atoms with Crippen molar-refractivity contribution in [1.29, 1.82) is 0 Å². The number of likely N-dealkylation sites (tertiary alicyclic amines) is 1. The lowest BCUT2D eigenvalue weighted by Gasteiger charge is -2.36. The van der Waals surface area contributed by atoms with E-state index in [1.807, 2.05) is 40.7 Å². The van der Waals surface area contributed by atoms with Crippen LogP contribution in [0.5, 0.6) is 5.75 Å². The number of benzene rings is 1. The van der Waals surface area contributed by atoms with Crippen molar-refractivity contribution in [3.05, 3.63) is 40.8 Å². The molecule has 0 saturated carbocycles. The molecule has 0 unspecified atom stereocenters. The van der Waals surface area contributed by atoms with E-state index in [0.717, 1.165) is 35.8 Å². The second-order valence-corrected chi connectivity index (χ2v) is 7.14. The number of hydrogen-bond acceptors (Lipinski definition) is 5. The van der Waals surface area contributed by atoms with Gasteiger partial charge in [-0.25, -0.2) is 4.98 Å². The minimum Gasteiger partial charge on any atom is -0.490 e. The maximum atomic E-state index is 13.0. The van der Waals surface area contributed by atoms with Gasteiger partial charge in [-0.1, -0.05) is 18.6 Å². The molecule has 1 aromatic carbocycles. The van der Waals surface area contributed by atoms with Gasteiger partial charge < -0.3 is 9.64 Å². The van der Waals surface area contributed by atoms with E-state index in [4.69, 9.17) is 4.74 Å². The summed E-state index contributed by atoms with van der Waals surface area (Å²) in [5.41, 5.74) is 0.886. The van der Waals surface area contributed by atoms with Crippen molar-refractivity contribution in [2.24, 2.45) is 0 Å². The van der Waals surface area contributed by atoms with Crippen LogP contribution in [0.1, 0.15) is 30.3 Å². The van der Waals surface area contributed by atoms with Gasteiger partial charge in [0, 0.05) is 11.6 Å². The molecule has 2 aliphatic rings. The lowest BCUT2D eigenvalue weighted by molar-refractivity contribution is -0.121. The topological polar surface area (TPSA) is 45.7 Å². The molecular weight excluding hydrogens is 322 g/mol. The van der Waals surface area contributed by atoms with Gasteiger partial charge in [0.15, 0.2) is 0 Å². The Hall–Kier alpha value is -1.92. The standard InChI is InChI=1S/C18H21N3O2S/c22-17(21-10-11-23-16-7-2-1-5-14(16)21)13-20-9-4-3-6-15(20)18-19-8-12-24-18/h1-2,5,7-8,12,15H,3-4,6,9-11,13H2/t15-/m1/s1. The van der Waals surface area contributed by atoms with E-state index < -0.39 is 0 Å². The molecule has 2 aromatic rings. The Morgan fingerprint density at radius 2 is 2.21 bits per heavy atom. The number of thiazole rings is 1. The molecule has 1 aromatic heterocycles. The molecule has 0 spiro atoms. The van der Waals surface area contributed by atoms with E-state index in [9.17, 15) is 4.79 Å². The Bertz CT molecular complexity index is 704. The van der Waals surface area contributed by atoms with Gasteiger partial charge in [0.1, 0.15) is 17.4 Å². The predicted molar refractivity (Wildman–Crippen MR) is 94.6 cm³/mol. The van der Waals surface area contributed by atoms with Gasteiger partial charge in [0.2, 0.25) is 5.91 Å². The highest BCUT2D eigenvalue weighted by atomic mass is 32.1. The van der Waals surface area contributed by atoms with E-state index in [0.29, 0.717) is 19.7 Å². The number of anilines is 1. The number of rotatable bonds is 3. The van der Waals surface area contributed by atoms with E-state index in [1.165, 1.54) is 6.42 Å². The molecule has 1 atom stereocenters. The highest BCUT2D eigenvalue weighted by Crippen LogP contribution is 2.34. The van der Waals surface area contributed by atoms with Crippen LogP contribution in [0.3, 0.4) is 0 Å². The van der Waals surface area contributed by atoms with Crippen LogP contribution >= 0.6 is 11.3 Å². The number of nitrogens with zero attached hydrogens (tertiary/aromatic N) is 3. The quantitative estimate of drug-likeness (QED) is 0.859. The zero-order valence-electron chi connectivity index (χ0n) is 13.6. The molecule has 1 saturated heterocycles. The first-order valence-corrected chi connectivity index (χ1v) is 9.36. The third-order valence-corrected chi connectivity index (χ3v) is 5.59. The molecule has 0 N–H and O–H groups in total. The molecule has 126 valence electrons. The average molecular weight is 343 g/mol. The van der Waals surface area contributed by atoms with Crippen LogP contribution in [0.4, 0.5) is 5.69 Å². The van der Waals surface area contributed by atoms with Crippen molar-refractivity contribution in [3.8, 4) is 5.75 Å². The Morgan fingerprint density at radius 3 is 3.08 bits per heavy atom. The first-order chi connectivity index (χ1) is 11.8. The van der Waals surface area contributed by atoms with Crippen LogP contribution in [-0.4, -0.2) is 42.0 Å². The third kappa shape index (κ3) is 3.03. The Kier molecular flexibility index (Phi) is 4.49. The second kappa shape index (κ2) is 6.91. The molecule has 4 rings (SSSR count). The average Bonchev–Trinajstić information content (AvgIpc) is 3.16. The molecular formula is C18H21N3O2S. The zero-order chi connectivity index (χ0) is 16.4. The number of para-hydroxylation sites is 2. The molecule has 2 aliphatic heterocycles. The smallest absolute Gasteiger partial charge is 0.241 e. The SMILES string of the molecule is O=C(CN1CCCC[C@@H]1c1nccs1)N1CCOc2ccccc21. The van der Waals surface area contributed by atoms with Gasteiger partial charge in [0.25, 0.3) is 0 Å². The summed E-state index contributed by atoms with van der Waals surface area (Å²) in [4.78, 5) is 21.6. The second-order valence-electron chi connectivity index (χ2n) is 6.21. The Balaban J connectivity index is 1.51. The first kappa shape index (κ1) is 15.6. The number of aromatic nitrogens is 1. The van der Waals surface area contributed by atoms with Crippen LogP contribution in [0.2, 0.25) is 0 Å². The predicted octanol–water partition coefficient (Wildman–Crippen LogP) is 3.10. The summed E-state index contributed by atoms with van der Waals surface area (Å²) in [5, 5.41) is 3.15. The van der Waals surface area contributed by atoms with Crippen molar-refractivity contribution >= 4 is 22.9 Å². The van der Waals surface area contributed by atoms with Gasteiger partial charge in [-0.05, 0) is 31.5 Å². The number of carbonyl (C=O) groups is 1. The fourth-order valence-electron chi connectivity index (χ4n) is 3.55. The summed E-state index contributed by atoms with van der Waals surface area (Å²) in [6.07, 6.45) is 5.29. The first-order valence-electron chi connectivity index (χ1n) is 8.48. The van der Waals surface area contributed by atoms with Crippen molar-refractivity contribution < 1.29 is 9.53 Å². The minimum atomic E-state index is 0.147. The summed E-state index contributed by atoms with van der Waals surface area (Å²) in [6, 6.07) is 8.05. The summed E-state index contributed by atoms with van der Waals surface area (Å²) in [5.74, 6) is 0.946. The fourth-order valence-corrected chi connectivity index (χ4v) is 4.35. The van der Waals surface area contributed by atoms with Crippen LogP contribution < -0.4 is 9.64 Å². The summed E-state index contributed by atoms with van der Waals surface area (Å²) in [7, 11) is 0. The molecule has 6 heteroatoms. The van der Waals surface area contributed by atoms with E-state index in [-0.39, 0.29) is 11.9 Å². The summed E-state index contributed by atoms with van der Waals surface area (Å²) >= 11 is 1.69. The van der Waals surface area contributed by atoms with Crippen LogP contribution in [0, 0.1) is 0 Å². The number of amides is 1. The molecule has 1 amide bonds. The number of ether oxygens (including phenoxy) is 1. The lowest BCUT2D eigenvalue weighted by Crippen LogP contribution is -2.46. The number of fused-ring (bicyclic) bond motifs is 1. The van der Waals surface area contributed by atoms with Crippen LogP contribution in [0.25, 0.3) is 0 Å². The zero-order valence-corrected chi connectivity index (χ0v) is 14.4. The van der Waals surface area contributed by atoms with Gasteiger partial charge in [-0.2, -0.15) is 0 Å². The van der Waals surface area contributed by atoms with E-state index in [2.05, 4.69) is 9.88 Å². The Labute approximate surface area is 145 Å². The van der Waals surface area contributed by atoms with Gasteiger partial charge >= 0.3 is 0 Å². The molecule has 0 radical (unpaired) electrons. The number of hydrogen-bond donors (Lipinski definition) is 0.